The molecule has 1 heterocycles. The summed E-state index contributed by atoms with van der Waals surface area (Å²) in [6.07, 6.45) is 0.840. The lowest BCUT2D eigenvalue weighted by molar-refractivity contribution is -0.118. The zero-order chi connectivity index (χ0) is 14.4. The fraction of sp³-hybridized carbons (Fsp3) is 0.286. The van der Waals surface area contributed by atoms with E-state index in [0.717, 1.165) is 17.7 Å². The predicted molar refractivity (Wildman–Crippen MR) is 76.4 cm³/mol. The molecule has 0 aliphatic heterocycles. The second-order valence-electron chi connectivity index (χ2n) is 4.32. The summed E-state index contributed by atoms with van der Waals surface area (Å²) in [4.78, 5) is 11.7. The van der Waals surface area contributed by atoms with Crippen molar-refractivity contribution in [1.82, 2.24) is 10.2 Å². The first kappa shape index (κ1) is 14.1. The molecular weight excluding hydrogens is 256 g/mol. The predicted octanol–water partition coefficient (Wildman–Crippen LogP) is 1.45. The molecule has 1 aromatic heterocycles. The van der Waals surface area contributed by atoms with Crippen molar-refractivity contribution in [2.45, 2.75) is 19.9 Å². The summed E-state index contributed by atoms with van der Waals surface area (Å²) < 4.78 is 5.38. The maximum absolute atomic E-state index is 11.7. The minimum Gasteiger partial charge on any atom is -0.484 e. The first-order chi connectivity index (χ1) is 9.71. The Morgan fingerprint density at radius 3 is 2.75 bits per heavy atom. The lowest BCUT2D eigenvalue weighted by atomic mass is 10.2. The van der Waals surface area contributed by atoms with Gasteiger partial charge in [-0.15, -0.1) is 0 Å². The molecule has 20 heavy (non-hydrogen) atoms. The van der Waals surface area contributed by atoms with Crippen molar-refractivity contribution in [3.63, 3.8) is 0 Å². The van der Waals surface area contributed by atoms with Crippen LogP contribution in [0.1, 0.15) is 18.2 Å². The molecule has 0 aliphatic rings. The molecule has 0 atom stereocenters. The molecule has 0 unspecified atom stereocenters. The second-order valence-corrected chi connectivity index (χ2v) is 4.32. The maximum Gasteiger partial charge on any atom is 0.263 e. The molecule has 0 saturated carbocycles. The van der Waals surface area contributed by atoms with Gasteiger partial charge in [0.05, 0.1) is 0 Å². The summed E-state index contributed by atoms with van der Waals surface area (Å²) in [5.74, 6) is 0.893. The molecule has 6 heteroatoms. The summed E-state index contributed by atoms with van der Waals surface area (Å²) in [6.45, 7) is 2.43. The van der Waals surface area contributed by atoms with Gasteiger partial charge < -0.3 is 15.8 Å². The first-order valence-corrected chi connectivity index (χ1v) is 6.47. The van der Waals surface area contributed by atoms with Crippen LogP contribution in [0.3, 0.4) is 0 Å². The van der Waals surface area contributed by atoms with Crippen LogP contribution in [0.4, 0.5) is 5.82 Å². The van der Waals surface area contributed by atoms with Crippen molar-refractivity contribution in [2.75, 3.05) is 11.9 Å². The fourth-order valence-corrected chi connectivity index (χ4v) is 1.66. The van der Waals surface area contributed by atoms with Crippen LogP contribution in [0.15, 0.2) is 30.3 Å². The van der Waals surface area contributed by atoms with E-state index in [-0.39, 0.29) is 12.5 Å². The number of carbonyl (C=O) groups excluding carboxylic acids is 1. The van der Waals surface area contributed by atoms with Crippen LogP contribution >= 0.6 is 0 Å². The number of nitrogens with one attached hydrogen (secondary N) is 2. The Morgan fingerprint density at radius 1 is 1.40 bits per heavy atom. The highest BCUT2D eigenvalue weighted by Crippen LogP contribution is 2.12. The Morgan fingerprint density at radius 2 is 2.15 bits per heavy atom. The molecule has 1 aromatic carbocycles. The largest absolute Gasteiger partial charge is 0.484 e. The Kier molecular flexibility index (Phi) is 4.73. The number of rotatable bonds is 6. The third-order valence-corrected chi connectivity index (χ3v) is 2.81. The molecular formula is C14H18N4O2. The van der Waals surface area contributed by atoms with Crippen molar-refractivity contribution >= 4 is 11.7 Å². The molecule has 2 rings (SSSR count). The number of benzene rings is 1. The Hall–Kier alpha value is -2.34. The summed E-state index contributed by atoms with van der Waals surface area (Å²) in [5, 5.41) is 9.47. The number of aromatic amines is 1. The maximum atomic E-state index is 11.7. The van der Waals surface area contributed by atoms with Crippen molar-refractivity contribution in [3.8, 4) is 5.75 Å². The van der Waals surface area contributed by atoms with Crippen molar-refractivity contribution in [1.29, 1.82) is 0 Å². The van der Waals surface area contributed by atoms with Crippen molar-refractivity contribution in [2.24, 2.45) is 5.73 Å². The summed E-state index contributed by atoms with van der Waals surface area (Å²) in [6, 6.07) is 9.12. The molecule has 6 nitrogen and oxygen atoms in total. The van der Waals surface area contributed by atoms with Crippen LogP contribution in [0, 0.1) is 0 Å². The number of hydrogen-bond acceptors (Lipinski definition) is 4. The number of nitrogens with two attached hydrogens (primary N) is 1. The van der Waals surface area contributed by atoms with E-state index in [4.69, 9.17) is 10.5 Å². The molecule has 4 N–H and O–H groups in total. The number of hydrogen-bond donors (Lipinski definition) is 3. The van der Waals surface area contributed by atoms with Crippen LogP contribution in [-0.4, -0.2) is 22.7 Å². The number of aromatic nitrogens is 2. The lowest BCUT2D eigenvalue weighted by Gasteiger charge is -2.06. The Labute approximate surface area is 117 Å². The highest BCUT2D eigenvalue weighted by Gasteiger charge is 2.06. The molecule has 0 radical (unpaired) electrons. The van der Waals surface area contributed by atoms with Gasteiger partial charge in [-0.1, -0.05) is 19.1 Å². The molecule has 0 aliphatic carbocycles. The van der Waals surface area contributed by atoms with E-state index in [1.807, 2.05) is 19.1 Å². The van der Waals surface area contributed by atoms with Gasteiger partial charge in [-0.3, -0.25) is 9.89 Å². The minimum atomic E-state index is -0.248. The first-order valence-electron chi connectivity index (χ1n) is 6.47. The van der Waals surface area contributed by atoms with Gasteiger partial charge >= 0.3 is 0 Å². The molecule has 2 aromatic rings. The molecule has 0 fully saturated rings. The van der Waals surface area contributed by atoms with Crippen LogP contribution < -0.4 is 15.8 Å². The lowest BCUT2D eigenvalue weighted by Crippen LogP contribution is -2.20. The summed E-state index contributed by atoms with van der Waals surface area (Å²) in [7, 11) is 0. The Bertz CT molecular complexity index is 563. The van der Waals surface area contributed by atoms with Gasteiger partial charge in [0.15, 0.2) is 12.4 Å². The van der Waals surface area contributed by atoms with Crippen LogP contribution in [0.25, 0.3) is 0 Å². The normalized spacial score (nSPS) is 10.3. The molecule has 0 saturated heterocycles. The number of H-pyrrole nitrogens is 1. The van der Waals surface area contributed by atoms with E-state index in [0.29, 0.717) is 18.1 Å². The van der Waals surface area contributed by atoms with Gasteiger partial charge in [0, 0.05) is 18.3 Å². The van der Waals surface area contributed by atoms with Gasteiger partial charge in [0.2, 0.25) is 0 Å². The van der Waals surface area contributed by atoms with Gasteiger partial charge in [-0.05, 0) is 24.1 Å². The average molecular weight is 274 g/mol. The van der Waals surface area contributed by atoms with Crippen LogP contribution in [0.2, 0.25) is 0 Å². The standard InChI is InChI=1S/C14H18N4O2/c1-2-11-7-13(18-17-11)16-14(19)9-20-12-5-3-10(8-15)4-6-12/h3-7H,2,8-9,15H2,1H3,(H2,16,17,18,19). The van der Waals surface area contributed by atoms with Gasteiger partial charge in [-0.2, -0.15) is 5.10 Å². The number of ether oxygens (including phenoxy) is 1. The van der Waals surface area contributed by atoms with E-state index in [2.05, 4.69) is 15.5 Å². The van der Waals surface area contributed by atoms with E-state index in [9.17, 15) is 4.79 Å². The number of carbonyl (C=O) groups is 1. The average Bonchev–Trinajstić information content (AvgIpc) is 2.93. The monoisotopic (exact) mass is 274 g/mol. The minimum absolute atomic E-state index is 0.0592. The van der Waals surface area contributed by atoms with Crippen LogP contribution in [0.5, 0.6) is 5.75 Å². The van der Waals surface area contributed by atoms with Crippen LogP contribution in [-0.2, 0) is 17.8 Å². The highest BCUT2D eigenvalue weighted by atomic mass is 16.5. The number of amides is 1. The Balaban J connectivity index is 1.82. The smallest absolute Gasteiger partial charge is 0.263 e. The number of nitrogens with zero attached hydrogens (tertiary/aromatic N) is 1. The molecule has 1 amide bonds. The van der Waals surface area contributed by atoms with E-state index < -0.39 is 0 Å². The molecule has 0 spiro atoms. The van der Waals surface area contributed by atoms with Gasteiger partial charge in [-0.25, -0.2) is 0 Å². The summed E-state index contributed by atoms with van der Waals surface area (Å²) in [5.41, 5.74) is 7.50. The third-order valence-electron chi connectivity index (χ3n) is 2.81. The van der Waals surface area contributed by atoms with E-state index >= 15 is 0 Å². The summed E-state index contributed by atoms with van der Waals surface area (Å²) >= 11 is 0. The number of anilines is 1. The topological polar surface area (TPSA) is 93.0 Å². The molecule has 106 valence electrons. The number of aryl methyl sites for hydroxylation is 1. The SMILES string of the molecule is CCc1cc(NC(=O)COc2ccc(CN)cc2)n[nH]1. The highest BCUT2D eigenvalue weighted by molar-refractivity contribution is 5.90. The third kappa shape index (κ3) is 3.83. The van der Waals surface area contributed by atoms with Gasteiger partial charge in [0.1, 0.15) is 5.75 Å². The van der Waals surface area contributed by atoms with Crippen molar-refractivity contribution < 1.29 is 9.53 Å². The van der Waals surface area contributed by atoms with Gasteiger partial charge in [0.25, 0.3) is 5.91 Å². The second kappa shape index (κ2) is 6.72. The zero-order valence-electron chi connectivity index (χ0n) is 11.3. The van der Waals surface area contributed by atoms with E-state index in [1.165, 1.54) is 0 Å². The quantitative estimate of drug-likeness (QED) is 0.743. The molecule has 0 bridgehead atoms. The van der Waals surface area contributed by atoms with E-state index in [1.54, 1.807) is 18.2 Å². The fourth-order valence-electron chi connectivity index (χ4n) is 1.66. The zero-order valence-corrected chi connectivity index (χ0v) is 11.3. The van der Waals surface area contributed by atoms with Crippen molar-refractivity contribution in [3.05, 3.63) is 41.6 Å².